The maximum Gasteiger partial charge on any atom is 0.340 e. The third-order valence-corrected chi connectivity index (χ3v) is 2.41. The van der Waals surface area contributed by atoms with Crippen molar-refractivity contribution >= 4 is 17.6 Å². The number of rotatable bonds is 5. The Labute approximate surface area is 106 Å². The molecule has 1 rings (SSSR count). The van der Waals surface area contributed by atoms with E-state index in [9.17, 15) is 9.59 Å². The fourth-order valence-corrected chi connectivity index (χ4v) is 1.41. The van der Waals surface area contributed by atoms with E-state index < -0.39 is 5.97 Å². The zero-order valence-electron chi connectivity index (χ0n) is 10.6. The summed E-state index contributed by atoms with van der Waals surface area (Å²) in [6.07, 6.45) is 0.664. The molecule has 2 N–H and O–H groups in total. The van der Waals surface area contributed by atoms with Crippen LogP contribution in [-0.2, 0) is 14.3 Å². The van der Waals surface area contributed by atoms with Crippen molar-refractivity contribution in [2.24, 2.45) is 0 Å². The van der Waals surface area contributed by atoms with E-state index in [1.54, 1.807) is 12.1 Å². The summed E-state index contributed by atoms with van der Waals surface area (Å²) in [4.78, 5) is 22.6. The van der Waals surface area contributed by atoms with Gasteiger partial charge in [-0.05, 0) is 25.5 Å². The Morgan fingerprint density at radius 1 is 1.33 bits per heavy atom. The van der Waals surface area contributed by atoms with Gasteiger partial charge in [-0.2, -0.15) is 0 Å². The molecule has 0 aliphatic rings. The van der Waals surface area contributed by atoms with Crippen molar-refractivity contribution in [1.82, 2.24) is 0 Å². The number of ether oxygens (including phenoxy) is 2. The summed E-state index contributed by atoms with van der Waals surface area (Å²) >= 11 is 0. The highest BCUT2D eigenvalue weighted by Gasteiger charge is 2.11. The molecule has 1 aromatic carbocycles. The van der Waals surface area contributed by atoms with Gasteiger partial charge in [-0.15, -0.1) is 0 Å². The van der Waals surface area contributed by atoms with Gasteiger partial charge in [-0.25, -0.2) is 4.79 Å². The minimum absolute atomic E-state index is 0.168. The summed E-state index contributed by atoms with van der Waals surface area (Å²) in [6, 6.07) is 5.17. The van der Waals surface area contributed by atoms with E-state index in [-0.39, 0.29) is 19.0 Å². The lowest BCUT2D eigenvalue weighted by atomic mass is 10.1. The molecule has 0 spiro atoms. The second-order valence-electron chi connectivity index (χ2n) is 3.91. The van der Waals surface area contributed by atoms with Crippen molar-refractivity contribution in [3.8, 4) is 0 Å². The number of nitrogens with two attached hydrogens (primary N) is 1. The standard InChI is InChI=1S/C13H17NO4/c1-9-5-6-11(14)10(8-9)13(16)18-7-3-4-12(15)17-2/h5-6,8H,3-4,7,14H2,1-2H3. The number of carbonyl (C=O) groups excluding carboxylic acids is 2. The molecule has 5 nitrogen and oxygen atoms in total. The maximum atomic E-state index is 11.7. The second kappa shape index (κ2) is 6.64. The normalized spacial score (nSPS) is 9.89. The molecule has 0 atom stereocenters. The first-order chi connectivity index (χ1) is 8.54. The highest BCUT2D eigenvalue weighted by molar-refractivity contribution is 5.95. The lowest BCUT2D eigenvalue weighted by Crippen LogP contribution is -2.10. The van der Waals surface area contributed by atoms with Gasteiger partial charge < -0.3 is 15.2 Å². The van der Waals surface area contributed by atoms with Crippen LogP contribution in [0.5, 0.6) is 0 Å². The first kappa shape index (κ1) is 14.0. The predicted octanol–water partition coefficient (Wildman–Crippen LogP) is 1.69. The highest BCUT2D eigenvalue weighted by Crippen LogP contribution is 2.15. The van der Waals surface area contributed by atoms with E-state index in [2.05, 4.69) is 4.74 Å². The van der Waals surface area contributed by atoms with Crippen LogP contribution >= 0.6 is 0 Å². The van der Waals surface area contributed by atoms with Gasteiger partial charge in [0.2, 0.25) is 0 Å². The van der Waals surface area contributed by atoms with Crippen molar-refractivity contribution in [3.63, 3.8) is 0 Å². The molecular weight excluding hydrogens is 234 g/mol. The topological polar surface area (TPSA) is 78.6 Å². The Morgan fingerprint density at radius 2 is 2.06 bits per heavy atom. The molecule has 5 heteroatoms. The third kappa shape index (κ3) is 4.08. The number of esters is 2. The third-order valence-electron chi connectivity index (χ3n) is 2.41. The zero-order chi connectivity index (χ0) is 13.5. The first-order valence-electron chi connectivity index (χ1n) is 5.64. The predicted molar refractivity (Wildman–Crippen MR) is 67.1 cm³/mol. The van der Waals surface area contributed by atoms with Crippen LogP contribution < -0.4 is 5.73 Å². The largest absolute Gasteiger partial charge is 0.469 e. The van der Waals surface area contributed by atoms with Gasteiger partial charge in [0.15, 0.2) is 0 Å². The molecule has 0 amide bonds. The minimum Gasteiger partial charge on any atom is -0.469 e. The molecule has 0 fully saturated rings. The average molecular weight is 251 g/mol. The van der Waals surface area contributed by atoms with Crippen molar-refractivity contribution in [3.05, 3.63) is 29.3 Å². The maximum absolute atomic E-state index is 11.7. The number of hydrogen-bond donors (Lipinski definition) is 1. The smallest absolute Gasteiger partial charge is 0.340 e. The first-order valence-corrected chi connectivity index (χ1v) is 5.64. The Balaban J connectivity index is 2.46. The highest BCUT2D eigenvalue weighted by atomic mass is 16.5. The van der Waals surface area contributed by atoms with Crippen LogP contribution in [0.4, 0.5) is 5.69 Å². The minimum atomic E-state index is -0.471. The fraction of sp³-hybridized carbons (Fsp3) is 0.385. The zero-order valence-corrected chi connectivity index (χ0v) is 10.6. The molecule has 0 aromatic heterocycles. The summed E-state index contributed by atoms with van der Waals surface area (Å²) in [5.74, 6) is -0.790. The number of hydrogen-bond acceptors (Lipinski definition) is 5. The summed E-state index contributed by atoms with van der Waals surface area (Å²) in [5.41, 5.74) is 7.37. The van der Waals surface area contributed by atoms with Gasteiger partial charge in [0.05, 0.1) is 19.3 Å². The molecule has 0 heterocycles. The second-order valence-corrected chi connectivity index (χ2v) is 3.91. The number of aryl methyl sites for hydroxylation is 1. The molecule has 0 saturated heterocycles. The Bertz CT molecular complexity index is 443. The summed E-state index contributed by atoms with van der Waals surface area (Å²) in [5, 5.41) is 0. The van der Waals surface area contributed by atoms with Crippen LogP contribution in [-0.4, -0.2) is 25.7 Å². The van der Waals surface area contributed by atoms with Gasteiger partial charge in [-0.3, -0.25) is 4.79 Å². The number of carbonyl (C=O) groups is 2. The van der Waals surface area contributed by atoms with Crippen LogP contribution in [0.15, 0.2) is 18.2 Å². The molecule has 0 aliphatic carbocycles. The number of benzene rings is 1. The van der Waals surface area contributed by atoms with Gasteiger partial charge in [-0.1, -0.05) is 11.6 Å². The molecular formula is C13H17NO4. The van der Waals surface area contributed by atoms with Crippen LogP contribution in [0, 0.1) is 6.92 Å². The molecule has 0 bridgehead atoms. The summed E-state index contributed by atoms with van der Waals surface area (Å²) in [6.45, 7) is 2.04. The van der Waals surface area contributed by atoms with Crippen LogP contribution in [0.3, 0.4) is 0 Å². The molecule has 18 heavy (non-hydrogen) atoms. The lowest BCUT2D eigenvalue weighted by Gasteiger charge is -2.07. The summed E-state index contributed by atoms with van der Waals surface area (Å²) in [7, 11) is 1.32. The molecule has 98 valence electrons. The Hall–Kier alpha value is -2.04. The van der Waals surface area contributed by atoms with Gasteiger partial charge in [0, 0.05) is 12.1 Å². The van der Waals surface area contributed by atoms with E-state index in [0.29, 0.717) is 17.7 Å². The van der Waals surface area contributed by atoms with Crippen molar-refractivity contribution in [1.29, 1.82) is 0 Å². The van der Waals surface area contributed by atoms with Gasteiger partial charge in [0.25, 0.3) is 0 Å². The van der Waals surface area contributed by atoms with Gasteiger partial charge in [0.1, 0.15) is 0 Å². The van der Waals surface area contributed by atoms with Crippen molar-refractivity contribution in [2.45, 2.75) is 19.8 Å². The van der Waals surface area contributed by atoms with Crippen LogP contribution in [0.1, 0.15) is 28.8 Å². The van der Waals surface area contributed by atoms with E-state index in [1.165, 1.54) is 7.11 Å². The van der Waals surface area contributed by atoms with E-state index in [0.717, 1.165) is 5.56 Å². The van der Waals surface area contributed by atoms with Crippen LogP contribution in [0.25, 0.3) is 0 Å². The van der Waals surface area contributed by atoms with Crippen molar-refractivity contribution in [2.75, 3.05) is 19.5 Å². The molecule has 0 saturated carbocycles. The van der Waals surface area contributed by atoms with E-state index in [4.69, 9.17) is 10.5 Å². The fourth-order valence-electron chi connectivity index (χ4n) is 1.41. The number of nitrogen functional groups attached to an aromatic ring is 1. The van der Waals surface area contributed by atoms with Crippen LogP contribution in [0.2, 0.25) is 0 Å². The SMILES string of the molecule is COC(=O)CCCOC(=O)c1cc(C)ccc1N. The van der Waals surface area contributed by atoms with Gasteiger partial charge >= 0.3 is 11.9 Å². The molecule has 0 aliphatic heterocycles. The Kier molecular flexibility index (Phi) is 5.17. The quantitative estimate of drug-likeness (QED) is 0.489. The lowest BCUT2D eigenvalue weighted by molar-refractivity contribution is -0.140. The molecule has 0 unspecified atom stereocenters. The number of anilines is 1. The molecule has 1 aromatic rings. The monoisotopic (exact) mass is 251 g/mol. The van der Waals surface area contributed by atoms with Crippen molar-refractivity contribution < 1.29 is 19.1 Å². The molecule has 0 radical (unpaired) electrons. The van der Waals surface area contributed by atoms with E-state index >= 15 is 0 Å². The number of methoxy groups -OCH3 is 1. The summed E-state index contributed by atoms with van der Waals surface area (Å²) < 4.78 is 9.51. The van der Waals surface area contributed by atoms with E-state index in [1.807, 2.05) is 13.0 Å². The average Bonchev–Trinajstić information content (AvgIpc) is 2.36. The Morgan fingerprint density at radius 3 is 2.72 bits per heavy atom.